The molecule has 0 saturated carbocycles. The lowest BCUT2D eigenvalue weighted by molar-refractivity contribution is -0.137. The second kappa shape index (κ2) is 5.56. The highest BCUT2D eigenvalue weighted by Gasteiger charge is 2.09. The molecule has 4 nitrogen and oxygen atoms in total. The van der Waals surface area contributed by atoms with Crippen LogP contribution in [0.2, 0.25) is 0 Å². The lowest BCUT2D eigenvalue weighted by Crippen LogP contribution is -2.05. The Kier molecular flexibility index (Phi) is 4.10. The van der Waals surface area contributed by atoms with Crippen molar-refractivity contribution < 1.29 is 14.6 Å². The number of phenols is 1. The number of benzene rings is 1. The fourth-order valence-electron chi connectivity index (χ4n) is 1.13. The average Bonchev–Trinajstić information content (AvgIpc) is 2.26. The molecule has 4 heteroatoms. The zero-order chi connectivity index (χ0) is 12.0. The van der Waals surface area contributed by atoms with Crippen LogP contribution in [0.25, 0.3) is 6.08 Å². The van der Waals surface area contributed by atoms with E-state index >= 15 is 0 Å². The van der Waals surface area contributed by atoms with E-state index in [1.807, 2.05) is 0 Å². The molecule has 0 radical (unpaired) electrons. The number of aromatic hydroxyl groups is 1. The Morgan fingerprint density at radius 1 is 1.62 bits per heavy atom. The predicted molar refractivity (Wildman–Crippen MR) is 58.3 cm³/mol. The van der Waals surface area contributed by atoms with Crippen LogP contribution in [0.4, 0.5) is 0 Å². The van der Waals surface area contributed by atoms with E-state index in [0.717, 1.165) is 0 Å². The molecule has 1 rings (SSSR count). The highest BCUT2D eigenvalue weighted by atomic mass is 16.5. The van der Waals surface area contributed by atoms with Gasteiger partial charge in [0.25, 0.3) is 0 Å². The van der Waals surface area contributed by atoms with E-state index in [1.54, 1.807) is 25.1 Å². The van der Waals surface area contributed by atoms with Crippen LogP contribution in [-0.2, 0) is 9.53 Å². The second-order valence-electron chi connectivity index (χ2n) is 2.99. The summed E-state index contributed by atoms with van der Waals surface area (Å²) in [6, 6.07) is 8.03. The number of rotatable bonds is 3. The maximum absolute atomic E-state index is 11.3. The first-order valence-corrected chi connectivity index (χ1v) is 4.75. The molecular weight excluding hydrogens is 206 g/mol. The first kappa shape index (κ1) is 11.8. The number of nitriles is 1. The van der Waals surface area contributed by atoms with Gasteiger partial charge in [-0.3, -0.25) is 0 Å². The van der Waals surface area contributed by atoms with Gasteiger partial charge in [-0.1, -0.05) is 12.1 Å². The van der Waals surface area contributed by atoms with Crippen LogP contribution in [-0.4, -0.2) is 17.7 Å². The van der Waals surface area contributed by atoms with E-state index in [0.29, 0.717) is 5.56 Å². The van der Waals surface area contributed by atoms with Crippen molar-refractivity contribution in [3.05, 3.63) is 35.4 Å². The van der Waals surface area contributed by atoms with Crippen LogP contribution < -0.4 is 0 Å². The molecule has 0 spiro atoms. The van der Waals surface area contributed by atoms with Crippen molar-refractivity contribution in [2.45, 2.75) is 6.92 Å². The third kappa shape index (κ3) is 3.14. The molecule has 1 N–H and O–H groups in total. The normalized spacial score (nSPS) is 10.6. The van der Waals surface area contributed by atoms with Crippen LogP contribution in [0, 0.1) is 11.3 Å². The third-order valence-electron chi connectivity index (χ3n) is 1.80. The van der Waals surface area contributed by atoms with Crippen molar-refractivity contribution in [3.63, 3.8) is 0 Å². The summed E-state index contributed by atoms with van der Waals surface area (Å²) in [5, 5.41) is 18.0. The minimum Gasteiger partial charge on any atom is -0.508 e. The fraction of sp³-hybridized carbons (Fsp3) is 0.167. The van der Waals surface area contributed by atoms with Gasteiger partial charge in [-0.25, -0.2) is 4.79 Å². The van der Waals surface area contributed by atoms with Crippen LogP contribution in [0.5, 0.6) is 5.75 Å². The molecule has 0 aliphatic carbocycles. The Labute approximate surface area is 93.4 Å². The molecule has 0 saturated heterocycles. The smallest absolute Gasteiger partial charge is 0.348 e. The maximum Gasteiger partial charge on any atom is 0.348 e. The number of carbonyl (C=O) groups is 1. The zero-order valence-electron chi connectivity index (χ0n) is 8.80. The fourth-order valence-corrected chi connectivity index (χ4v) is 1.13. The molecule has 1 aromatic carbocycles. The minimum absolute atomic E-state index is 0.0786. The quantitative estimate of drug-likeness (QED) is 0.476. The largest absolute Gasteiger partial charge is 0.508 e. The summed E-state index contributed by atoms with van der Waals surface area (Å²) in [4.78, 5) is 11.3. The Hall–Kier alpha value is -2.28. The van der Waals surface area contributed by atoms with Gasteiger partial charge >= 0.3 is 5.97 Å². The van der Waals surface area contributed by atoms with Gasteiger partial charge in [-0.05, 0) is 30.7 Å². The van der Waals surface area contributed by atoms with Gasteiger partial charge in [0.1, 0.15) is 17.4 Å². The molecule has 0 unspecified atom stereocenters. The molecule has 0 aliphatic heterocycles. The summed E-state index contributed by atoms with van der Waals surface area (Å²) in [5.41, 5.74) is 0.483. The minimum atomic E-state index is -0.659. The molecule has 82 valence electrons. The molecule has 0 fully saturated rings. The van der Waals surface area contributed by atoms with Crippen molar-refractivity contribution in [2.75, 3.05) is 6.61 Å². The SMILES string of the molecule is CCOC(=O)/C(C#N)=C/c1cccc(O)c1. The summed E-state index contributed by atoms with van der Waals surface area (Å²) in [6.45, 7) is 1.89. The summed E-state index contributed by atoms with van der Waals surface area (Å²) in [7, 11) is 0. The van der Waals surface area contributed by atoms with Crippen molar-refractivity contribution in [1.82, 2.24) is 0 Å². The van der Waals surface area contributed by atoms with Crippen molar-refractivity contribution in [2.24, 2.45) is 0 Å². The topological polar surface area (TPSA) is 70.3 Å². The van der Waals surface area contributed by atoms with Gasteiger partial charge in [0, 0.05) is 0 Å². The van der Waals surface area contributed by atoms with E-state index in [9.17, 15) is 9.90 Å². The van der Waals surface area contributed by atoms with E-state index < -0.39 is 5.97 Å². The molecule has 0 atom stereocenters. The summed E-state index contributed by atoms with van der Waals surface area (Å²) in [6.07, 6.45) is 1.37. The summed E-state index contributed by atoms with van der Waals surface area (Å²) < 4.78 is 4.71. The number of phenolic OH excluding ortho intramolecular Hbond substituents is 1. The predicted octanol–water partition coefficient (Wildman–Crippen LogP) is 1.86. The third-order valence-corrected chi connectivity index (χ3v) is 1.80. The second-order valence-corrected chi connectivity index (χ2v) is 2.99. The molecule has 16 heavy (non-hydrogen) atoms. The van der Waals surface area contributed by atoms with E-state index in [4.69, 9.17) is 10.00 Å². The van der Waals surface area contributed by atoms with Gasteiger partial charge in [0.05, 0.1) is 6.61 Å². The van der Waals surface area contributed by atoms with Crippen LogP contribution in [0.15, 0.2) is 29.8 Å². The Morgan fingerprint density at radius 3 is 2.94 bits per heavy atom. The standard InChI is InChI=1S/C12H11NO3/c1-2-16-12(15)10(8-13)6-9-4-3-5-11(14)7-9/h3-7,14H,2H2,1H3/b10-6+. The summed E-state index contributed by atoms with van der Waals surface area (Å²) >= 11 is 0. The van der Waals surface area contributed by atoms with Crippen LogP contribution in [0.1, 0.15) is 12.5 Å². The van der Waals surface area contributed by atoms with Crippen molar-refractivity contribution in [3.8, 4) is 11.8 Å². The molecule has 0 bridgehead atoms. The number of carbonyl (C=O) groups excluding carboxylic acids is 1. The van der Waals surface area contributed by atoms with Crippen LogP contribution in [0.3, 0.4) is 0 Å². The highest BCUT2D eigenvalue weighted by molar-refractivity contribution is 5.97. The molecular formula is C12H11NO3. The Morgan fingerprint density at radius 2 is 2.38 bits per heavy atom. The van der Waals surface area contributed by atoms with Gasteiger partial charge in [-0.2, -0.15) is 5.26 Å². The number of nitrogens with zero attached hydrogens (tertiary/aromatic N) is 1. The molecule has 0 aromatic heterocycles. The Balaban J connectivity index is 2.97. The molecule has 1 aromatic rings. The van der Waals surface area contributed by atoms with Gasteiger partial charge in [0.2, 0.25) is 0 Å². The Bertz CT molecular complexity index is 458. The average molecular weight is 217 g/mol. The maximum atomic E-state index is 11.3. The molecule has 0 aliphatic rings. The number of esters is 1. The zero-order valence-corrected chi connectivity index (χ0v) is 8.80. The highest BCUT2D eigenvalue weighted by Crippen LogP contribution is 2.14. The van der Waals surface area contributed by atoms with Gasteiger partial charge in [-0.15, -0.1) is 0 Å². The lowest BCUT2D eigenvalue weighted by atomic mass is 10.1. The molecule has 0 amide bonds. The monoisotopic (exact) mass is 217 g/mol. The van der Waals surface area contributed by atoms with E-state index in [1.165, 1.54) is 18.2 Å². The van der Waals surface area contributed by atoms with E-state index in [-0.39, 0.29) is 17.9 Å². The lowest BCUT2D eigenvalue weighted by Gasteiger charge is -2.00. The van der Waals surface area contributed by atoms with Crippen molar-refractivity contribution in [1.29, 1.82) is 5.26 Å². The van der Waals surface area contributed by atoms with Gasteiger partial charge in [0.15, 0.2) is 0 Å². The van der Waals surface area contributed by atoms with Crippen LogP contribution >= 0.6 is 0 Å². The first-order valence-electron chi connectivity index (χ1n) is 4.75. The number of hydrogen-bond donors (Lipinski definition) is 1. The number of ether oxygens (including phenoxy) is 1. The summed E-state index contributed by atoms with van der Waals surface area (Å²) in [5.74, 6) is -0.580. The van der Waals surface area contributed by atoms with Gasteiger partial charge < -0.3 is 9.84 Å². The molecule has 0 heterocycles. The first-order chi connectivity index (χ1) is 7.67. The van der Waals surface area contributed by atoms with Crippen molar-refractivity contribution >= 4 is 12.0 Å². The number of hydrogen-bond acceptors (Lipinski definition) is 4. The van der Waals surface area contributed by atoms with E-state index in [2.05, 4.69) is 0 Å².